The highest BCUT2D eigenvalue weighted by Gasteiger charge is 2.34. The van der Waals surface area contributed by atoms with Crippen LogP contribution in [0.3, 0.4) is 0 Å². The van der Waals surface area contributed by atoms with Gasteiger partial charge in [0.2, 0.25) is 0 Å². The molecule has 0 aliphatic carbocycles. The second-order valence-electron chi connectivity index (χ2n) is 12.9. The summed E-state index contributed by atoms with van der Waals surface area (Å²) in [6.45, 7) is 17.8. The van der Waals surface area contributed by atoms with Gasteiger partial charge in [-0.3, -0.25) is 4.79 Å². The molecular weight excluding hydrogens is 476 g/mol. The van der Waals surface area contributed by atoms with Crippen LogP contribution in [0.2, 0.25) is 0 Å². The van der Waals surface area contributed by atoms with Gasteiger partial charge in [-0.1, -0.05) is 72.6 Å². The number of carboxylic acid groups (broad SMARTS) is 1. The van der Waals surface area contributed by atoms with E-state index in [2.05, 4.69) is 41.5 Å². The fourth-order valence-corrected chi connectivity index (χ4v) is 5.88. The van der Waals surface area contributed by atoms with Gasteiger partial charge >= 0.3 is 5.97 Å². The minimum Gasteiger partial charge on any atom is -0.487 e. The van der Waals surface area contributed by atoms with E-state index in [1.807, 2.05) is 13.8 Å². The molecule has 218 valence electrons. The molecule has 1 aromatic rings. The van der Waals surface area contributed by atoms with Gasteiger partial charge in [-0.05, 0) is 87.8 Å². The molecule has 5 heteroatoms. The molecule has 0 radical (unpaired) electrons. The largest absolute Gasteiger partial charge is 0.487 e. The van der Waals surface area contributed by atoms with Crippen molar-refractivity contribution < 1.29 is 24.5 Å². The summed E-state index contributed by atoms with van der Waals surface area (Å²) in [6.07, 6.45) is 12.3. The Labute approximate surface area is 232 Å². The van der Waals surface area contributed by atoms with Crippen molar-refractivity contribution >= 4 is 5.97 Å². The molecule has 1 aliphatic heterocycles. The summed E-state index contributed by atoms with van der Waals surface area (Å²) in [5.74, 6) is 3.13. The molecule has 2 rings (SSSR count). The molecular formula is C33H56O5. The average molecular weight is 533 g/mol. The summed E-state index contributed by atoms with van der Waals surface area (Å²) in [4.78, 5) is 10.8. The quantitative estimate of drug-likeness (QED) is 0.196. The third kappa shape index (κ3) is 10.1. The number of carbonyl (C=O) groups is 1. The highest BCUT2D eigenvalue weighted by molar-refractivity contribution is 5.66. The number of hydrogen-bond donors (Lipinski definition) is 2. The molecule has 38 heavy (non-hydrogen) atoms. The van der Waals surface area contributed by atoms with Gasteiger partial charge in [-0.25, -0.2) is 0 Å². The van der Waals surface area contributed by atoms with Gasteiger partial charge < -0.3 is 19.7 Å². The van der Waals surface area contributed by atoms with Crippen molar-refractivity contribution in [1.82, 2.24) is 0 Å². The van der Waals surface area contributed by atoms with E-state index in [4.69, 9.17) is 14.6 Å². The highest BCUT2D eigenvalue weighted by atomic mass is 16.6. The number of benzene rings is 1. The van der Waals surface area contributed by atoms with Crippen molar-refractivity contribution in [3.63, 3.8) is 0 Å². The lowest BCUT2D eigenvalue weighted by molar-refractivity contribution is -0.139. The standard InChI is InChI=1S/C33H56O5/c1-22(2)12-9-13-23(3)14-10-15-24(4)16-11-20-33(8)21-19-28-27(7)31(25(5)26(6)32(28)38-33)37-30(36)18-17-29(34)35/h22-24,30,36H,9-21H2,1-8H3,(H,34,35)/t23-,24-,30?,33-/m1/s1. The lowest BCUT2D eigenvalue weighted by Gasteiger charge is -2.38. The van der Waals surface area contributed by atoms with Crippen LogP contribution in [0.5, 0.6) is 11.5 Å². The summed E-state index contributed by atoms with van der Waals surface area (Å²) in [7, 11) is 0. The summed E-state index contributed by atoms with van der Waals surface area (Å²) >= 11 is 0. The predicted molar refractivity (Wildman–Crippen MR) is 156 cm³/mol. The van der Waals surface area contributed by atoms with Crippen LogP contribution in [0.4, 0.5) is 0 Å². The van der Waals surface area contributed by atoms with E-state index in [1.165, 1.54) is 51.4 Å². The minimum atomic E-state index is -1.13. The first-order valence-corrected chi connectivity index (χ1v) is 15.2. The molecule has 0 amide bonds. The molecule has 0 bridgehead atoms. The fraction of sp³-hybridized carbons (Fsp3) is 0.788. The maximum absolute atomic E-state index is 10.8. The Morgan fingerprint density at radius 3 is 2.05 bits per heavy atom. The number of aliphatic hydroxyl groups excluding tert-OH is 1. The maximum atomic E-state index is 10.8. The molecule has 5 nitrogen and oxygen atoms in total. The molecule has 0 fully saturated rings. The van der Waals surface area contributed by atoms with Crippen molar-refractivity contribution in [2.75, 3.05) is 0 Å². The molecule has 1 unspecified atom stereocenters. The summed E-state index contributed by atoms with van der Waals surface area (Å²) in [5.41, 5.74) is 3.98. The van der Waals surface area contributed by atoms with E-state index in [-0.39, 0.29) is 18.4 Å². The Bertz CT molecular complexity index is 892. The molecule has 0 aromatic heterocycles. The molecule has 1 aromatic carbocycles. The third-order valence-electron chi connectivity index (χ3n) is 8.70. The van der Waals surface area contributed by atoms with Crippen LogP contribution in [-0.4, -0.2) is 28.1 Å². The second kappa shape index (κ2) is 15.1. The number of aliphatic hydroxyl groups is 1. The van der Waals surface area contributed by atoms with E-state index in [0.717, 1.165) is 65.0 Å². The van der Waals surface area contributed by atoms with Crippen LogP contribution in [0.25, 0.3) is 0 Å². The SMILES string of the molecule is Cc1c(C)c2c(c(C)c1OC(O)CCC(=O)O)CC[C@@](C)(CCC[C@H](C)CCC[C@H](C)CCCC(C)C)O2. The monoisotopic (exact) mass is 532 g/mol. The zero-order valence-corrected chi connectivity index (χ0v) is 25.6. The maximum Gasteiger partial charge on any atom is 0.303 e. The van der Waals surface area contributed by atoms with Crippen molar-refractivity contribution in [3.8, 4) is 11.5 Å². The van der Waals surface area contributed by atoms with Crippen LogP contribution < -0.4 is 9.47 Å². The smallest absolute Gasteiger partial charge is 0.303 e. The van der Waals surface area contributed by atoms with Gasteiger partial charge in [0.05, 0.1) is 6.42 Å². The van der Waals surface area contributed by atoms with Gasteiger partial charge in [-0.15, -0.1) is 0 Å². The molecule has 0 spiro atoms. The summed E-state index contributed by atoms with van der Waals surface area (Å²) in [5, 5.41) is 19.1. The number of rotatable bonds is 17. The van der Waals surface area contributed by atoms with Gasteiger partial charge in [0, 0.05) is 12.0 Å². The van der Waals surface area contributed by atoms with Crippen molar-refractivity contribution in [2.24, 2.45) is 17.8 Å². The number of carboxylic acids is 1. The Balaban J connectivity index is 1.86. The van der Waals surface area contributed by atoms with E-state index in [0.29, 0.717) is 5.75 Å². The normalized spacial score (nSPS) is 19.5. The lowest BCUT2D eigenvalue weighted by Crippen LogP contribution is -2.37. The van der Waals surface area contributed by atoms with E-state index < -0.39 is 12.3 Å². The van der Waals surface area contributed by atoms with Gasteiger partial charge in [-0.2, -0.15) is 0 Å². The molecule has 2 N–H and O–H groups in total. The van der Waals surface area contributed by atoms with Crippen LogP contribution in [-0.2, 0) is 11.2 Å². The fourth-order valence-electron chi connectivity index (χ4n) is 5.88. The zero-order chi connectivity index (χ0) is 28.5. The number of ether oxygens (including phenoxy) is 2. The molecule has 4 atom stereocenters. The number of aliphatic carboxylic acids is 1. The first-order chi connectivity index (χ1) is 17.8. The van der Waals surface area contributed by atoms with Crippen molar-refractivity contribution in [3.05, 3.63) is 22.3 Å². The zero-order valence-electron chi connectivity index (χ0n) is 25.6. The third-order valence-corrected chi connectivity index (χ3v) is 8.70. The van der Waals surface area contributed by atoms with E-state index in [9.17, 15) is 9.90 Å². The van der Waals surface area contributed by atoms with E-state index in [1.54, 1.807) is 0 Å². The highest BCUT2D eigenvalue weighted by Crippen LogP contribution is 2.45. The van der Waals surface area contributed by atoms with Gasteiger partial charge in [0.25, 0.3) is 0 Å². The van der Waals surface area contributed by atoms with Crippen molar-refractivity contribution in [1.29, 1.82) is 0 Å². The molecule has 1 aliphatic rings. The minimum absolute atomic E-state index is 0.0642. The van der Waals surface area contributed by atoms with Crippen molar-refractivity contribution in [2.45, 2.75) is 151 Å². The number of hydrogen-bond acceptors (Lipinski definition) is 4. The van der Waals surface area contributed by atoms with Crippen LogP contribution in [0.15, 0.2) is 0 Å². The Hall–Kier alpha value is -1.75. The van der Waals surface area contributed by atoms with Crippen LogP contribution >= 0.6 is 0 Å². The van der Waals surface area contributed by atoms with Gasteiger partial charge in [0.15, 0.2) is 6.29 Å². The Morgan fingerprint density at radius 1 is 0.895 bits per heavy atom. The van der Waals surface area contributed by atoms with Gasteiger partial charge in [0.1, 0.15) is 17.1 Å². The molecule has 0 saturated heterocycles. The topological polar surface area (TPSA) is 76.0 Å². The predicted octanol–water partition coefficient (Wildman–Crippen LogP) is 8.70. The Morgan fingerprint density at radius 2 is 1.47 bits per heavy atom. The first-order valence-electron chi connectivity index (χ1n) is 15.2. The van der Waals surface area contributed by atoms with Crippen LogP contribution in [0, 0.1) is 38.5 Å². The first kappa shape index (κ1) is 32.5. The Kier molecular flexibility index (Phi) is 12.9. The average Bonchev–Trinajstić information content (AvgIpc) is 2.83. The number of fused-ring (bicyclic) bond motifs is 1. The molecule has 0 saturated carbocycles. The lowest BCUT2D eigenvalue weighted by atomic mass is 9.83. The van der Waals surface area contributed by atoms with Crippen LogP contribution in [0.1, 0.15) is 134 Å². The summed E-state index contributed by atoms with van der Waals surface area (Å²) < 4.78 is 12.5. The summed E-state index contributed by atoms with van der Waals surface area (Å²) in [6, 6.07) is 0. The van der Waals surface area contributed by atoms with E-state index >= 15 is 0 Å². The second-order valence-corrected chi connectivity index (χ2v) is 12.9. The molecule has 1 heterocycles.